The lowest BCUT2D eigenvalue weighted by molar-refractivity contribution is -0.175. The average molecular weight is 471 g/mol. The Morgan fingerprint density at radius 1 is 0.697 bits per heavy atom. The van der Waals surface area contributed by atoms with Gasteiger partial charge in [0, 0.05) is 0 Å². The van der Waals surface area contributed by atoms with Crippen molar-refractivity contribution >= 4 is 30.1 Å². The molecule has 33 heavy (non-hydrogen) atoms. The van der Waals surface area contributed by atoms with E-state index in [1.54, 1.807) is 41.5 Å². The highest BCUT2D eigenvalue weighted by molar-refractivity contribution is 5.95. The molecular formula is C22H34N2O9. The summed E-state index contributed by atoms with van der Waals surface area (Å²) in [5, 5.41) is 5.00. The smallest absolute Gasteiger partial charge is 0.408 e. The molecule has 2 aliphatic rings. The molecule has 2 N–H and O–H groups in total. The van der Waals surface area contributed by atoms with Crippen LogP contribution in [0.15, 0.2) is 0 Å². The lowest BCUT2D eigenvalue weighted by Crippen LogP contribution is -2.61. The molecule has 0 aliphatic heterocycles. The van der Waals surface area contributed by atoms with E-state index in [-0.39, 0.29) is 0 Å². The predicted octanol–water partition coefficient (Wildman–Crippen LogP) is 2.49. The molecule has 0 unspecified atom stereocenters. The third-order valence-electron chi connectivity index (χ3n) is 5.20. The van der Waals surface area contributed by atoms with Crippen molar-refractivity contribution in [1.29, 1.82) is 0 Å². The highest BCUT2D eigenvalue weighted by atomic mass is 16.6. The summed E-state index contributed by atoms with van der Waals surface area (Å²) in [4.78, 5) is 61.3. The van der Waals surface area contributed by atoms with E-state index in [4.69, 9.17) is 18.9 Å². The van der Waals surface area contributed by atoms with Crippen LogP contribution in [0.4, 0.5) is 9.59 Å². The lowest BCUT2D eigenvalue weighted by atomic mass is 9.77. The Hall–Kier alpha value is -2.85. The molecule has 2 aliphatic carbocycles. The van der Waals surface area contributed by atoms with Crippen LogP contribution in [0.5, 0.6) is 0 Å². The first kappa shape index (κ1) is 26.4. The molecule has 0 saturated heterocycles. The van der Waals surface area contributed by atoms with Gasteiger partial charge in [-0.3, -0.25) is 0 Å². The molecule has 0 aromatic rings. The van der Waals surface area contributed by atoms with Crippen LogP contribution in [0.25, 0.3) is 0 Å². The number of amides is 2. The standard InChI is InChI=1S/C22H34N2O9/c1-19(2,3)32-17(28)23-21(9-7-10-21)15(26)30-13-14(25)31-16(27)22(11-8-12-22)24-18(29)33-20(4,5)6/h7-13H2,1-6H3,(H,23,28)(H,24,29). The molecule has 0 heterocycles. The number of carbonyl (C=O) groups excluding carboxylic acids is 5. The molecule has 0 bridgehead atoms. The molecule has 2 amide bonds. The van der Waals surface area contributed by atoms with Gasteiger partial charge in [-0.15, -0.1) is 0 Å². The third-order valence-corrected chi connectivity index (χ3v) is 5.20. The highest BCUT2D eigenvalue weighted by Gasteiger charge is 2.50. The van der Waals surface area contributed by atoms with Crippen molar-refractivity contribution in [1.82, 2.24) is 10.6 Å². The monoisotopic (exact) mass is 470 g/mol. The Balaban J connectivity index is 1.87. The fourth-order valence-electron chi connectivity index (χ4n) is 3.31. The lowest BCUT2D eigenvalue weighted by Gasteiger charge is -2.40. The van der Waals surface area contributed by atoms with E-state index in [9.17, 15) is 24.0 Å². The molecule has 2 rings (SSSR count). The summed E-state index contributed by atoms with van der Waals surface area (Å²) in [6, 6.07) is 0. The fourth-order valence-corrected chi connectivity index (χ4v) is 3.31. The van der Waals surface area contributed by atoms with E-state index in [2.05, 4.69) is 10.6 Å². The Kier molecular flexibility index (Phi) is 7.65. The van der Waals surface area contributed by atoms with Crippen LogP contribution in [0.1, 0.15) is 80.1 Å². The molecule has 2 saturated carbocycles. The molecule has 0 aromatic carbocycles. The molecule has 0 aromatic heterocycles. The number of carbonyl (C=O) groups is 5. The van der Waals surface area contributed by atoms with Gasteiger partial charge in [0.15, 0.2) is 6.61 Å². The van der Waals surface area contributed by atoms with Crippen molar-refractivity contribution in [3.63, 3.8) is 0 Å². The fraction of sp³-hybridized carbons (Fsp3) is 0.773. The molecule has 0 radical (unpaired) electrons. The van der Waals surface area contributed by atoms with Crippen LogP contribution in [0, 0.1) is 0 Å². The molecule has 11 nitrogen and oxygen atoms in total. The second-order valence-electron chi connectivity index (χ2n) is 10.5. The molecule has 0 atom stereocenters. The summed E-state index contributed by atoms with van der Waals surface area (Å²) >= 11 is 0. The molecule has 2 fully saturated rings. The minimum atomic E-state index is -1.35. The summed E-state index contributed by atoms with van der Waals surface area (Å²) in [6.07, 6.45) is 1.04. The third kappa shape index (κ3) is 7.33. The van der Waals surface area contributed by atoms with Gasteiger partial charge in [0.25, 0.3) is 0 Å². The van der Waals surface area contributed by atoms with Crippen molar-refractivity contribution in [2.45, 2.75) is 102 Å². The number of esters is 3. The van der Waals surface area contributed by atoms with E-state index in [1.165, 1.54) is 0 Å². The first-order valence-electron chi connectivity index (χ1n) is 11.0. The Bertz CT molecular complexity index is 800. The van der Waals surface area contributed by atoms with E-state index in [1.807, 2.05) is 0 Å². The summed E-state index contributed by atoms with van der Waals surface area (Å²) in [7, 11) is 0. The van der Waals surface area contributed by atoms with Crippen LogP contribution in [0.2, 0.25) is 0 Å². The second kappa shape index (κ2) is 9.56. The summed E-state index contributed by atoms with van der Waals surface area (Å²) in [6.45, 7) is 9.31. The summed E-state index contributed by atoms with van der Waals surface area (Å²) in [5.74, 6) is -2.84. The minimum absolute atomic E-state index is 0.293. The normalized spacial score (nSPS) is 18.5. The maximum Gasteiger partial charge on any atom is 0.408 e. The topological polar surface area (TPSA) is 146 Å². The molecule has 11 heteroatoms. The van der Waals surface area contributed by atoms with Gasteiger partial charge < -0.3 is 29.6 Å². The van der Waals surface area contributed by atoms with E-state index in [0.29, 0.717) is 38.5 Å². The number of hydrogen-bond donors (Lipinski definition) is 2. The van der Waals surface area contributed by atoms with Gasteiger partial charge in [-0.2, -0.15) is 0 Å². The van der Waals surface area contributed by atoms with E-state index < -0.39 is 59.0 Å². The number of ether oxygens (including phenoxy) is 4. The highest BCUT2D eigenvalue weighted by Crippen LogP contribution is 2.34. The first-order valence-corrected chi connectivity index (χ1v) is 11.0. The minimum Gasteiger partial charge on any atom is -0.452 e. The molecular weight excluding hydrogens is 436 g/mol. The van der Waals surface area contributed by atoms with Gasteiger partial charge in [0.1, 0.15) is 22.3 Å². The maximum absolute atomic E-state index is 12.5. The Morgan fingerprint density at radius 2 is 1.09 bits per heavy atom. The number of nitrogens with one attached hydrogen (secondary N) is 2. The van der Waals surface area contributed by atoms with Gasteiger partial charge >= 0.3 is 30.1 Å². The summed E-state index contributed by atoms with van der Waals surface area (Å²) < 4.78 is 20.2. The average Bonchev–Trinajstić information content (AvgIpc) is 2.55. The SMILES string of the molecule is CC(C)(C)OC(=O)NC1(C(=O)OCC(=O)OC(=O)C2(NC(=O)OC(C)(C)C)CCC2)CCC1. The Morgan fingerprint density at radius 3 is 1.42 bits per heavy atom. The van der Waals surface area contributed by atoms with Gasteiger partial charge in [0.2, 0.25) is 0 Å². The van der Waals surface area contributed by atoms with Gasteiger partial charge in [-0.1, -0.05) is 0 Å². The van der Waals surface area contributed by atoms with Crippen LogP contribution in [0.3, 0.4) is 0 Å². The van der Waals surface area contributed by atoms with Crippen molar-refractivity contribution in [2.75, 3.05) is 6.61 Å². The Labute approximate surface area is 193 Å². The van der Waals surface area contributed by atoms with Gasteiger partial charge in [0.05, 0.1) is 0 Å². The quantitative estimate of drug-likeness (QED) is 0.339. The number of hydrogen-bond acceptors (Lipinski definition) is 9. The van der Waals surface area contributed by atoms with Gasteiger partial charge in [-0.05, 0) is 80.1 Å². The maximum atomic E-state index is 12.5. The van der Waals surface area contributed by atoms with Crippen LogP contribution < -0.4 is 10.6 Å². The zero-order valence-electron chi connectivity index (χ0n) is 20.1. The molecule has 186 valence electrons. The second-order valence-corrected chi connectivity index (χ2v) is 10.5. The van der Waals surface area contributed by atoms with Crippen LogP contribution >= 0.6 is 0 Å². The number of rotatable bonds is 6. The van der Waals surface area contributed by atoms with E-state index >= 15 is 0 Å². The molecule has 0 spiro atoms. The van der Waals surface area contributed by atoms with Gasteiger partial charge in [-0.25, -0.2) is 24.0 Å². The van der Waals surface area contributed by atoms with Crippen molar-refractivity contribution < 1.29 is 42.9 Å². The number of alkyl carbamates (subject to hydrolysis) is 2. The van der Waals surface area contributed by atoms with Crippen molar-refractivity contribution in [3.8, 4) is 0 Å². The zero-order chi connectivity index (χ0) is 25.1. The van der Waals surface area contributed by atoms with E-state index in [0.717, 1.165) is 0 Å². The van der Waals surface area contributed by atoms with Crippen LogP contribution in [-0.2, 0) is 33.3 Å². The zero-order valence-corrected chi connectivity index (χ0v) is 20.1. The van der Waals surface area contributed by atoms with Crippen molar-refractivity contribution in [2.24, 2.45) is 0 Å². The summed E-state index contributed by atoms with van der Waals surface area (Å²) in [5.41, 5.74) is -4.13. The first-order chi connectivity index (χ1) is 15.1. The predicted molar refractivity (Wildman–Crippen MR) is 114 cm³/mol. The van der Waals surface area contributed by atoms with Crippen molar-refractivity contribution in [3.05, 3.63) is 0 Å². The van der Waals surface area contributed by atoms with Crippen LogP contribution in [-0.4, -0.2) is 59.0 Å². The largest absolute Gasteiger partial charge is 0.452 e.